The summed E-state index contributed by atoms with van der Waals surface area (Å²) in [5.74, 6) is 1.53. The third-order valence-corrected chi connectivity index (χ3v) is 5.56. The molecule has 0 aliphatic carbocycles. The lowest BCUT2D eigenvalue weighted by molar-refractivity contribution is 0.277. The quantitative estimate of drug-likeness (QED) is 0.762. The molecule has 3 aromatic rings. The summed E-state index contributed by atoms with van der Waals surface area (Å²) in [7, 11) is 0. The third-order valence-electron chi connectivity index (χ3n) is 4.61. The number of rotatable bonds is 5. The molecule has 1 saturated heterocycles. The van der Waals surface area contributed by atoms with Crippen LogP contribution in [0.15, 0.2) is 42.3 Å². The van der Waals surface area contributed by atoms with Gasteiger partial charge in [-0.25, -0.2) is 9.97 Å². The Morgan fingerprint density at radius 3 is 2.92 bits per heavy atom. The van der Waals surface area contributed by atoms with E-state index in [0.717, 1.165) is 49.1 Å². The molecule has 4 rings (SSSR count). The molecule has 4 heterocycles. The van der Waals surface area contributed by atoms with Crippen molar-refractivity contribution in [3.8, 4) is 0 Å². The summed E-state index contributed by atoms with van der Waals surface area (Å²) in [6.07, 6.45) is 9.87. The monoisotopic (exact) mass is 355 g/mol. The molecule has 25 heavy (non-hydrogen) atoms. The van der Waals surface area contributed by atoms with E-state index in [-0.39, 0.29) is 6.61 Å². The van der Waals surface area contributed by atoms with Gasteiger partial charge in [0.1, 0.15) is 5.82 Å². The van der Waals surface area contributed by atoms with Crippen molar-refractivity contribution in [3.05, 3.63) is 59.4 Å². The molecule has 130 valence electrons. The maximum atomic E-state index is 9.24. The van der Waals surface area contributed by atoms with E-state index in [0.29, 0.717) is 5.92 Å². The van der Waals surface area contributed by atoms with Gasteiger partial charge in [-0.3, -0.25) is 4.98 Å². The lowest BCUT2D eigenvalue weighted by Gasteiger charge is -2.32. The van der Waals surface area contributed by atoms with Gasteiger partial charge < -0.3 is 14.6 Å². The molecule has 0 amide bonds. The van der Waals surface area contributed by atoms with Crippen LogP contribution in [0.3, 0.4) is 0 Å². The topological polar surface area (TPSA) is 67.1 Å². The van der Waals surface area contributed by atoms with Crippen molar-refractivity contribution in [3.63, 3.8) is 0 Å². The molecule has 0 spiro atoms. The molecule has 6 nitrogen and oxygen atoms in total. The lowest BCUT2D eigenvalue weighted by Crippen LogP contribution is -2.35. The average Bonchev–Trinajstić information content (AvgIpc) is 3.32. The summed E-state index contributed by atoms with van der Waals surface area (Å²) < 4.78 is 2.24. The van der Waals surface area contributed by atoms with Crippen molar-refractivity contribution in [1.29, 1.82) is 0 Å². The largest absolute Gasteiger partial charge is 0.390 e. The third kappa shape index (κ3) is 3.57. The van der Waals surface area contributed by atoms with E-state index in [1.165, 1.54) is 5.56 Å². The zero-order valence-electron chi connectivity index (χ0n) is 14.0. The van der Waals surface area contributed by atoms with E-state index >= 15 is 0 Å². The molecule has 0 unspecified atom stereocenters. The highest BCUT2D eigenvalue weighted by Gasteiger charge is 2.26. The van der Waals surface area contributed by atoms with Gasteiger partial charge in [0.2, 0.25) is 0 Å². The highest BCUT2D eigenvalue weighted by molar-refractivity contribution is 7.13. The SMILES string of the molecule is OCc1csc(N2CCC[C@@H](c3nccn3Cc3ccncc3)C2)n1. The zero-order chi connectivity index (χ0) is 17.1. The van der Waals surface area contributed by atoms with E-state index in [1.54, 1.807) is 11.3 Å². The minimum absolute atomic E-state index is 0.00407. The Labute approximate surface area is 150 Å². The van der Waals surface area contributed by atoms with Crippen molar-refractivity contribution in [2.45, 2.75) is 31.9 Å². The first-order valence-electron chi connectivity index (χ1n) is 8.53. The van der Waals surface area contributed by atoms with Crippen molar-refractivity contribution >= 4 is 16.5 Å². The maximum Gasteiger partial charge on any atom is 0.185 e. The molecule has 1 atom stereocenters. The predicted octanol–water partition coefficient (Wildman–Crippen LogP) is 2.66. The molecule has 0 radical (unpaired) electrons. The normalized spacial score (nSPS) is 17.8. The lowest BCUT2D eigenvalue weighted by atomic mass is 9.97. The fourth-order valence-electron chi connectivity index (χ4n) is 3.37. The first-order valence-corrected chi connectivity index (χ1v) is 9.41. The summed E-state index contributed by atoms with van der Waals surface area (Å²) in [5, 5.41) is 12.2. The average molecular weight is 355 g/mol. The summed E-state index contributed by atoms with van der Waals surface area (Å²) in [4.78, 5) is 15.6. The van der Waals surface area contributed by atoms with Crippen LogP contribution < -0.4 is 4.90 Å². The summed E-state index contributed by atoms with van der Waals surface area (Å²) in [6, 6.07) is 4.09. The molecule has 1 aliphatic heterocycles. The number of hydrogen-bond donors (Lipinski definition) is 1. The van der Waals surface area contributed by atoms with E-state index < -0.39 is 0 Å². The number of aliphatic hydroxyl groups is 1. The number of aromatic nitrogens is 4. The number of thiazole rings is 1. The molecule has 0 aromatic carbocycles. The summed E-state index contributed by atoms with van der Waals surface area (Å²) in [6.45, 7) is 2.76. The number of aliphatic hydroxyl groups excluding tert-OH is 1. The van der Waals surface area contributed by atoms with Crippen LogP contribution in [0.1, 0.15) is 35.8 Å². The van der Waals surface area contributed by atoms with Crippen LogP contribution in [0.5, 0.6) is 0 Å². The van der Waals surface area contributed by atoms with E-state index in [9.17, 15) is 5.11 Å². The Balaban J connectivity index is 1.51. The molecule has 7 heteroatoms. The van der Waals surface area contributed by atoms with Crippen molar-refractivity contribution in [2.75, 3.05) is 18.0 Å². The fourth-order valence-corrected chi connectivity index (χ4v) is 4.23. The number of nitrogens with zero attached hydrogens (tertiary/aromatic N) is 5. The van der Waals surface area contributed by atoms with Gasteiger partial charge in [0.25, 0.3) is 0 Å². The molecule has 0 bridgehead atoms. The number of pyridine rings is 1. The molecular weight excluding hydrogens is 334 g/mol. The van der Waals surface area contributed by atoms with E-state index in [1.807, 2.05) is 36.1 Å². The first-order chi connectivity index (χ1) is 12.3. The number of anilines is 1. The van der Waals surface area contributed by atoms with Crippen LogP contribution in [-0.2, 0) is 13.2 Å². The highest BCUT2D eigenvalue weighted by Crippen LogP contribution is 2.31. The van der Waals surface area contributed by atoms with Gasteiger partial charge in [0.05, 0.1) is 12.3 Å². The maximum absolute atomic E-state index is 9.24. The molecule has 1 N–H and O–H groups in total. The number of imidazole rings is 1. The van der Waals surface area contributed by atoms with Gasteiger partial charge in [-0.1, -0.05) is 0 Å². The van der Waals surface area contributed by atoms with Crippen LogP contribution in [-0.4, -0.2) is 37.7 Å². The Kier molecular flexibility index (Phi) is 4.76. The zero-order valence-corrected chi connectivity index (χ0v) is 14.8. The van der Waals surface area contributed by atoms with Crippen LogP contribution >= 0.6 is 11.3 Å². The second-order valence-electron chi connectivity index (χ2n) is 6.33. The number of piperidine rings is 1. The van der Waals surface area contributed by atoms with Crippen molar-refractivity contribution in [2.24, 2.45) is 0 Å². The molecule has 1 aliphatic rings. The minimum atomic E-state index is 0.00407. The Hall–Kier alpha value is -2.25. The minimum Gasteiger partial charge on any atom is -0.390 e. The van der Waals surface area contributed by atoms with Crippen LogP contribution in [0.2, 0.25) is 0 Å². The van der Waals surface area contributed by atoms with Gasteiger partial charge in [0, 0.05) is 55.7 Å². The summed E-state index contributed by atoms with van der Waals surface area (Å²) in [5.41, 5.74) is 1.98. The smallest absolute Gasteiger partial charge is 0.185 e. The second kappa shape index (κ2) is 7.33. The van der Waals surface area contributed by atoms with Crippen LogP contribution in [0.4, 0.5) is 5.13 Å². The molecular formula is C18H21N5OS. The first kappa shape index (κ1) is 16.2. The second-order valence-corrected chi connectivity index (χ2v) is 7.17. The fraction of sp³-hybridized carbons (Fsp3) is 0.389. The standard InChI is InChI=1S/C18H21N5OS/c24-12-16-13-25-18(21-16)23-8-1-2-15(11-23)17-20-7-9-22(17)10-14-3-5-19-6-4-14/h3-7,9,13,15,24H,1-2,8,10-12H2/t15-/m1/s1. The Morgan fingerprint density at radius 2 is 2.12 bits per heavy atom. The number of hydrogen-bond acceptors (Lipinski definition) is 6. The molecule has 0 saturated carbocycles. The Bertz CT molecular complexity index is 816. The molecule has 1 fully saturated rings. The van der Waals surface area contributed by atoms with Gasteiger partial charge in [-0.15, -0.1) is 11.3 Å². The van der Waals surface area contributed by atoms with Crippen molar-refractivity contribution < 1.29 is 5.11 Å². The van der Waals surface area contributed by atoms with Gasteiger partial charge in [-0.05, 0) is 30.5 Å². The van der Waals surface area contributed by atoms with Gasteiger partial charge in [-0.2, -0.15) is 0 Å². The van der Waals surface area contributed by atoms with Crippen LogP contribution in [0, 0.1) is 0 Å². The van der Waals surface area contributed by atoms with Gasteiger partial charge in [0.15, 0.2) is 5.13 Å². The molecule has 3 aromatic heterocycles. The van der Waals surface area contributed by atoms with E-state index in [4.69, 9.17) is 0 Å². The van der Waals surface area contributed by atoms with Crippen molar-refractivity contribution in [1.82, 2.24) is 19.5 Å². The summed E-state index contributed by atoms with van der Waals surface area (Å²) >= 11 is 1.61. The van der Waals surface area contributed by atoms with Crippen LogP contribution in [0.25, 0.3) is 0 Å². The predicted molar refractivity (Wildman–Crippen MR) is 97.8 cm³/mol. The Morgan fingerprint density at radius 1 is 1.24 bits per heavy atom. The van der Waals surface area contributed by atoms with Gasteiger partial charge >= 0.3 is 0 Å². The van der Waals surface area contributed by atoms with E-state index in [2.05, 4.69) is 30.6 Å². The highest BCUT2D eigenvalue weighted by atomic mass is 32.1.